The van der Waals surface area contributed by atoms with Gasteiger partial charge in [-0.15, -0.1) is 0 Å². The number of rotatable bonds is 4. The van der Waals surface area contributed by atoms with Crippen molar-refractivity contribution in [1.82, 2.24) is 20.1 Å². The molecule has 22 heavy (non-hydrogen) atoms. The lowest BCUT2D eigenvalue weighted by Crippen LogP contribution is -2.40. The van der Waals surface area contributed by atoms with Gasteiger partial charge in [0.25, 0.3) is 5.89 Å². The van der Waals surface area contributed by atoms with E-state index >= 15 is 0 Å². The Labute approximate surface area is 130 Å². The van der Waals surface area contributed by atoms with Crippen LogP contribution >= 0.6 is 0 Å². The first-order valence-electron chi connectivity index (χ1n) is 7.64. The zero-order chi connectivity index (χ0) is 16.4. The summed E-state index contributed by atoms with van der Waals surface area (Å²) in [5.41, 5.74) is 0.666. The van der Waals surface area contributed by atoms with Crippen molar-refractivity contribution >= 4 is 11.9 Å². The summed E-state index contributed by atoms with van der Waals surface area (Å²) in [4.78, 5) is 31.7. The molecule has 122 valence electrons. The van der Waals surface area contributed by atoms with Crippen molar-refractivity contribution in [2.24, 2.45) is 0 Å². The second-order valence-corrected chi connectivity index (χ2v) is 6.02. The third-order valence-corrected chi connectivity index (χ3v) is 3.91. The van der Waals surface area contributed by atoms with E-state index in [1.54, 1.807) is 16.8 Å². The molecule has 0 fully saturated rings. The summed E-state index contributed by atoms with van der Waals surface area (Å²) in [6.07, 6.45) is 0.867. The minimum Gasteiger partial charge on any atom is -0.435 e. The Morgan fingerprint density at radius 2 is 2.05 bits per heavy atom. The molecule has 0 spiro atoms. The maximum atomic E-state index is 12.3. The average molecular weight is 308 g/mol. The smallest absolute Gasteiger partial charge is 0.318 e. The number of nitrogens with zero attached hydrogens (tertiary/aromatic N) is 3. The second-order valence-electron chi connectivity index (χ2n) is 6.02. The summed E-state index contributed by atoms with van der Waals surface area (Å²) in [7, 11) is 1.74. The highest BCUT2D eigenvalue weighted by Crippen LogP contribution is 2.24. The molecule has 1 unspecified atom stereocenters. The Hall–Kier alpha value is -2.05. The highest BCUT2D eigenvalue weighted by atomic mass is 16.4. The fourth-order valence-electron chi connectivity index (χ4n) is 2.24. The Balaban J connectivity index is 2.04. The summed E-state index contributed by atoms with van der Waals surface area (Å²) in [6.45, 7) is 8.54. The van der Waals surface area contributed by atoms with Gasteiger partial charge < -0.3 is 19.5 Å². The number of fused-ring (bicyclic) bond motifs is 1. The van der Waals surface area contributed by atoms with Crippen molar-refractivity contribution in [1.29, 1.82) is 0 Å². The topological polar surface area (TPSA) is 78.7 Å². The zero-order valence-electron chi connectivity index (χ0n) is 13.8. The lowest BCUT2D eigenvalue weighted by Gasteiger charge is -2.22. The van der Waals surface area contributed by atoms with Gasteiger partial charge in [0.15, 0.2) is 0 Å². The number of nitrogens with one attached hydrogen (secondary N) is 1. The summed E-state index contributed by atoms with van der Waals surface area (Å²) in [5, 5.41) is 2.83. The molecule has 7 nitrogen and oxygen atoms in total. The van der Waals surface area contributed by atoms with Gasteiger partial charge in [-0.3, -0.25) is 4.79 Å². The first-order chi connectivity index (χ1) is 10.3. The predicted molar refractivity (Wildman–Crippen MR) is 81.3 cm³/mol. The van der Waals surface area contributed by atoms with Crippen LogP contribution in [0.5, 0.6) is 0 Å². The van der Waals surface area contributed by atoms with Crippen molar-refractivity contribution in [3.8, 4) is 0 Å². The zero-order valence-corrected chi connectivity index (χ0v) is 13.8. The normalized spacial score (nSPS) is 14.9. The minimum atomic E-state index is -0.220. The molecule has 0 aliphatic carbocycles. The van der Waals surface area contributed by atoms with Crippen LogP contribution in [0.25, 0.3) is 0 Å². The first kappa shape index (κ1) is 16.3. The number of aromatic nitrogens is 1. The van der Waals surface area contributed by atoms with E-state index in [2.05, 4.69) is 10.3 Å². The molecular formula is C15H24N4O3. The van der Waals surface area contributed by atoms with Crippen molar-refractivity contribution in [2.75, 3.05) is 7.05 Å². The van der Waals surface area contributed by atoms with E-state index in [9.17, 15) is 9.59 Å². The first-order valence-corrected chi connectivity index (χ1v) is 7.64. The molecule has 1 aromatic rings. The Bertz CT molecular complexity index is 544. The van der Waals surface area contributed by atoms with E-state index in [1.807, 2.05) is 27.7 Å². The van der Waals surface area contributed by atoms with E-state index in [4.69, 9.17) is 4.42 Å². The van der Waals surface area contributed by atoms with E-state index in [0.29, 0.717) is 24.5 Å². The molecule has 0 aromatic carbocycles. The Morgan fingerprint density at radius 1 is 1.36 bits per heavy atom. The van der Waals surface area contributed by atoms with Crippen molar-refractivity contribution in [3.05, 3.63) is 17.3 Å². The van der Waals surface area contributed by atoms with Gasteiger partial charge in [0, 0.05) is 19.1 Å². The number of carbonyl (C=O) groups excluding carboxylic acids is 2. The number of oxazole rings is 1. The molecule has 0 bridgehead atoms. The van der Waals surface area contributed by atoms with Gasteiger partial charge in [0.1, 0.15) is 11.5 Å². The molecule has 1 N–H and O–H groups in total. The maximum Gasteiger partial charge on any atom is 0.318 e. The number of hydrogen-bond donors (Lipinski definition) is 1. The Morgan fingerprint density at radius 3 is 2.59 bits per heavy atom. The van der Waals surface area contributed by atoms with E-state index < -0.39 is 0 Å². The van der Waals surface area contributed by atoms with Crippen molar-refractivity contribution in [3.63, 3.8) is 0 Å². The van der Waals surface area contributed by atoms with Crippen LogP contribution in [0.4, 0.5) is 4.79 Å². The minimum absolute atomic E-state index is 0.0775. The fraction of sp³-hybridized carbons (Fsp3) is 0.667. The molecule has 1 aromatic heterocycles. The van der Waals surface area contributed by atoms with Gasteiger partial charge in [-0.1, -0.05) is 6.92 Å². The number of urea groups is 1. The molecule has 7 heteroatoms. The van der Waals surface area contributed by atoms with Crippen LogP contribution in [-0.4, -0.2) is 45.9 Å². The monoisotopic (exact) mass is 308 g/mol. The van der Waals surface area contributed by atoms with E-state index in [0.717, 1.165) is 6.42 Å². The van der Waals surface area contributed by atoms with E-state index in [-0.39, 0.29) is 29.9 Å². The molecule has 2 rings (SSSR count). The van der Waals surface area contributed by atoms with Crippen LogP contribution in [0.15, 0.2) is 4.42 Å². The highest BCUT2D eigenvalue weighted by Gasteiger charge is 2.31. The highest BCUT2D eigenvalue weighted by molar-refractivity contribution is 5.89. The number of carbonyl (C=O) groups is 2. The molecule has 2 heterocycles. The predicted octanol–water partition coefficient (Wildman–Crippen LogP) is 1.98. The van der Waals surface area contributed by atoms with Crippen LogP contribution < -0.4 is 5.32 Å². The summed E-state index contributed by atoms with van der Waals surface area (Å²) in [5.74, 6) is 0.485. The molecule has 0 saturated heterocycles. The summed E-state index contributed by atoms with van der Waals surface area (Å²) in [6, 6.07) is 0.0593. The lowest BCUT2D eigenvalue weighted by molar-refractivity contribution is 0.0696. The van der Waals surface area contributed by atoms with Crippen LogP contribution in [0.1, 0.15) is 56.3 Å². The van der Waals surface area contributed by atoms with Gasteiger partial charge in [-0.05, 0) is 27.2 Å². The standard InChI is InChI=1S/C15H24N4O3/c1-6-10(4)18(5)14(20)13-17-11-7-19(8-12(11)22-13)15(21)16-9(2)3/h9-10H,6-8H2,1-5H3,(H,16,21). The van der Waals surface area contributed by atoms with Crippen LogP contribution in [0.3, 0.4) is 0 Å². The van der Waals surface area contributed by atoms with Crippen molar-refractivity contribution < 1.29 is 14.0 Å². The van der Waals surface area contributed by atoms with Gasteiger partial charge in [-0.25, -0.2) is 9.78 Å². The summed E-state index contributed by atoms with van der Waals surface area (Å²) < 4.78 is 5.57. The van der Waals surface area contributed by atoms with Gasteiger partial charge >= 0.3 is 11.9 Å². The molecule has 1 aliphatic rings. The number of hydrogen-bond acceptors (Lipinski definition) is 4. The van der Waals surface area contributed by atoms with E-state index in [1.165, 1.54) is 0 Å². The SMILES string of the molecule is CCC(C)N(C)C(=O)c1nc2c(o1)CN(C(=O)NC(C)C)C2. The average Bonchev–Trinajstić information content (AvgIpc) is 3.02. The summed E-state index contributed by atoms with van der Waals surface area (Å²) >= 11 is 0. The molecule has 0 saturated carbocycles. The third kappa shape index (κ3) is 3.23. The maximum absolute atomic E-state index is 12.3. The van der Waals surface area contributed by atoms with Crippen LogP contribution in [0, 0.1) is 0 Å². The largest absolute Gasteiger partial charge is 0.435 e. The Kier molecular flexibility index (Phi) is 4.73. The fourth-order valence-corrected chi connectivity index (χ4v) is 2.24. The molecule has 0 radical (unpaired) electrons. The van der Waals surface area contributed by atoms with Gasteiger partial charge in [0.2, 0.25) is 0 Å². The van der Waals surface area contributed by atoms with Crippen LogP contribution in [-0.2, 0) is 13.1 Å². The molecule has 3 amide bonds. The van der Waals surface area contributed by atoms with Crippen molar-refractivity contribution in [2.45, 2.75) is 59.3 Å². The van der Waals surface area contributed by atoms with Gasteiger partial charge in [-0.2, -0.15) is 0 Å². The van der Waals surface area contributed by atoms with Gasteiger partial charge in [0.05, 0.1) is 13.1 Å². The van der Waals surface area contributed by atoms with Crippen LogP contribution in [0.2, 0.25) is 0 Å². The third-order valence-electron chi connectivity index (χ3n) is 3.91. The molecule has 1 atom stereocenters. The molecular weight excluding hydrogens is 284 g/mol. The molecule has 1 aliphatic heterocycles. The lowest BCUT2D eigenvalue weighted by atomic mass is 10.2. The second kappa shape index (κ2) is 6.37. The quantitative estimate of drug-likeness (QED) is 0.922. The number of amides is 3.